The van der Waals surface area contributed by atoms with E-state index in [1.165, 1.54) is 13.8 Å². The molecule has 2 atom stereocenters. The molecule has 0 amide bonds. The number of carboxylic acid groups (broad SMARTS) is 1. The van der Waals surface area contributed by atoms with Gasteiger partial charge in [-0.15, -0.1) is 0 Å². The van der Waals surface area contributed by atoms with E-state index in [2.05, 4.69) is 5.32 Å². The highest BCUT2D eigenvalue weighted by atomic mass is 19.3. The molecule has 0 aromatic heterocycles. The molecule has 0 aliphatic rings. The van der Waals surface area contributed by atoms with Gasteiger partial charge in [-0.25, -0.2) is 8.78 Å². The molecule has 2 N–H and O–H groups in total. The minimum atomic E-state index is -2.53. The summed E-state index contributed by atoms with van der Waals surface area (Å²) in [4.78, 5) is 10.1. The minimum absolute atomic E-state index is 0.931. The predicted octanol–water partition coefficient (Wildman–Crippen LogP) is 0.703. The molecule has 0 rings (SSSR count). The van der Waals surface area contributed by atoms with Crippen molar-refractivity contribution in [3.05, 3.63) is 0 Å². The molecule has 0 heterocycles. The first kappa shape index (κ1) is 10.3. The zero-order valence-corrected chi connectivity index (χ0v) is 6.34. The predicted molar refractivity (Wildman–Crippen MR) is 35.7 cm³/mol. The van der Waals surface area contributed by atoms with Crippen LogP contribution in [0.15, 0.2) is 0 Å². The largest absolute Gasteiger partial charge is 0.480 e. The van der Waals surface area contributed by atoms with Crippen molar-refractivity contribution in [3.63, 3.8) is 0 Å². The lowest BCUT2D eigenvalue weighted by Crippen LogP contribution is -2.43. The maximum Gasteiger partial charge on any atom is 0.320 e. The molecule has 0 aliphatic heterocycles. The van der Waals surface area contributed by atoms with Crippen molar-refractivity contribution in [2.75, 3.05) is 0 Å². The Morgan fingerprint density at radius 1 is 1.45 bits per heavy atom. The van der Waals surface area contributed by atoms with E-state index in [0.717, 1.165) is 0 Å². The van der Waals surface area contributed by atoms with Crippen LogP contribution >= 0.6 is 0 Å². The Morgan fingerprint density at radius 3 is 2.18 bits per heavy atom. The van der Waals surface area contributed by atoms with E-state index >= 15 is 0 Å². The molecular weight excluding hydrogens is 156 g/mol. The number of halogens is 2. The third-order valence-electron chi connectivity index (χ3n) is 1.26. The highest BCUT2D eigenvalue weighted by Crippen LogP contribution is 2.00. The van der Waals surface area contributed by atoms with E-state index in [0.29, 0.717) is 0 Å². The van der Waals surface area contributed by atoms with Crippen LogP contribution in [0, 0.1) is 0 Å². The van der Waals surface area contributed by atoms with Gasteiger partial charge in [0.25, 0.3) is 6.43 Å². The van der Waals surface area contributed by atoms with Gasteiger partial charge in [-0.2, -0.15) is 0 Å². The monoisotopic (exact) mass is 167 g/mol. The number of carbonyl (C=O) groups is 1. The lowest BCUT2D eigenvalue weighted by Gasteiger charge is -2.15. The normalized spacial score (nSPS) is 16.5. The Labute approximate surface area is 63.4 Å². The number of aliphatic carboxylic acids is 1. The third kappa shape index (κ3) is 3.87. The Morgan fingerprint density at radius 2 is 1.91 bits per heavy atom. The molecule has 3 nitrogen and oxygen atoms in total. The molecule has 0 saturated heterocycles. The lowest BCUT2D eigenvalue weighted by atomic mass is 10.3. The van der Waals surface area contributed by atoms with Gasteiger partial charge >= 0.3 is 5.97 Å². The average molecular weight is 167 g/mol. The second-order valence-corrected chi connectivity index (χ2v) is 2.35. The van der Waals surface area contributed by atoms with Crippen LogP contribution in [-0.2, 0) is 4.79 Å². The molecule has 0 spiro atoms. The van der Waals surface area contributed by atoms with Crippen LogP contribution in [-0.4, -0.2) is 29.6 Å². The van der Waals surface area contributed by atoms with Crippen molar-refractivity contribution >= 4 is 5.97 Å². The zero-order chi connectivity index (χ0) is 9.02. The summed E-state index contributed by atoms with van der Waals surface area (Å²) in [6.07, 6.45) is -2.53. The van der Waals surface area contributed by atoms with Gasteiger partial charge in [-0.1, -0.05) is 0 Å². The standard InChI is InChI=1S/C6H11F2NO2/c1-3(5(7)8)9-4(2)6(10)11/h3-5,9H,1-2H3,(H,10,11). The summed E-state index contributed by atoms with van der Waals surface area (Å²) in [5, 5.41) is 10.5. The van der Waals surface area contributed by atoms with Gasteiger partial charge in [-0.05, 0) is 13.8 Å². The van der Waals surface area contributed by atoms with E-state index in [-0.39, 0.29) is 0 Å². The van der Waals surface area contributed by atoms with E-state index in [4.69, 9.17) is 5.11 Å². The maximum absolute atomic E-state index is 11.8. The van der Waals surface area contributed by atoms with Crippen molar-refractivity contribution < 1.29 is 18.7 Å². The molecule has 0 aliphatic carbocycles. The van der Waals surface area contributed by atoms with Gasteiger partial charge in [0.2, 0.25) is 0 Å². The number of alkyl halides is 2. The molecular formula is C6H11F2NO2. The average Bonchev–Trinajstić information content (AvgIpc) is 1.87. The third-order valence-corrected chi connectivity index (χ3v) is 1.26. The summed E-state index contributed by atoms with van der Waals surface area (Å²) in [5.74, 6) is -1.13. The smallest absolute Gasteiger partial charge is 0.320 e. The molecule has 2 unspecified atom stereocenters. The van der Waals surface area contributed by atoms with Gasteiger partial charge in [0.15, 0.2) is 0 Å². The Hall–Kier alpha value is -0.710. The van der Waals surface area contributed by atoms with E-state index < -0.39 is 24.5 Å². The fraction of sp³-hybridized carbons (Fsp3) is 0.833. The van der Waals surface area contributed by atoms with Crippen molar-refractivity contribution in [1.29, 1.82) is 0 Å². The Kier molecular flexibility index (Phi) is 3.95. The van der Waals surface area contributed by atoms with E-state index in [1.807, 2.05) is 0 Å². The van der Waals surface area contributed by atoms with Gasteiger partial charge < -0.3 is 5.11 Å². The summed E-state index contributed by atoms with van der Waals surface area (Å²) >= 11 is 0. The van der Waals surface area contributed by atoms with Crippen LogP contribution in [0.3, 0.4) is 0 Å². The molecule has 0 saturated carbocycles. The first-order valence-electron chi connectivity index (χ1n) is 3.22. The summed E-state index contributed by atoms with van der Waals surface area (Å²) in [7, 11) is 0. The van der Waals surface area contributed by atoms with Crippen LogP contribution < -0.4 is 5.32 Å². The topological polar surface area (TPSA) is 49.3 Å². The molecule has 0 aromatic carbocycles. The molecule has 0 bridgehead atoms. The van der Waals surface area contributed by atoms with Crippen LogP contribution in [0.2, 0.25) is 0 Å². The van der Waals surface area contributed by atoms with Gasteiger partial charge in [0.05, 0.1) is 6.04 Å². The van der Waals surface area contributed by atoms with E-state index in [1.54, 1.807) is 0 Å². The molecule has 66 valence electrons. The SMILES string of the molecule is CC(NC(C)C(F)F)C(=O)O. The molecule has 0 aromatic rings. The second kappa shape index (κ2) is 4.23. The fourth-order valence-corrected chi connectivity index (χ4v) is 0.538. The fourth-order valence-electron chi connectivity index (χ4n) is 0.538. The summed E-state index contributed by atoms with van der Waals surface area (Å²) in [5.41, 5.74) is 0. The molecule has 0 fully saturated rings. The highest BCUT2D eigenvalue weighted by Gasteiger charge is 2.19. The van der Waals surface area contributed by atoms with Crippen LogP contribution in [0.4, 0.5) is 8.78 Å². The number of hydrogen-bond donors (Lipinski definition) is 2. The quantitative estimate of drug-likeness (QED) is 0.648. The highest BCUT2D eigenvalue weighted by molar-refractivity contribution is 5.72. The van der Waals surface area contributed by atoms with Crippen molar-refractivity contribution in [2.45, 2.75) is 32.4 Å². The summed E-state index contributed by atoms with van der Waals surface area (Å²) in [6, 6.07) is -2.01. The van der Waals surface area contributed by atoms with Gasteiger partial charge in [0.1, 0.15) is 6.04 Å². The molecule has 11 heavy (non-hydrogen) atoms. The van der Waals surface area contributed by atoms with Crippen LogP contribution in [0.25, 0.3) is 0 Å². The van der Waals surface area contributed by atoms with Crippen LogP contribution in [0.5, 0.6) is 0 Å². The van der Waals surface area contributed by atoms with Crippen molar-refractivity contribution in [1.82, 2.24) is 5.32 Å². The van der Waals surface area contributed by atoms with Gasteiger partial charge in [-0.3, -0.25) is 10.1 Å². The number of carboxylic acids is 1. The van der Waals surface area contributed by atoms with E-state index in [9.17, 15) is 13.6 Å². The summed E-state index contributed by atoms with van der Waals surface area (Å²) in [6.45, 7) is 2.56. The number of rotatable bonds is 4. The first-order chi connectivity index (χ1) is 4.95. The minimum Gasteiger partial charge on any atom is -0.480 e. The Balaban J connectivity index is 3.75. The van der Waals surface area contributed by atoms with Crippen LogP contribution in [0.1, 0.15) is 13.8 Å². The zero-order valence-electron chi connectivity index (χ0n) is 6.34. The lowest BCUT2D eigenvalue weighted by molar-refractivity contribution is -0.139. The second-order valence-electron chi connectivity index (χ2n) is 2.35. The molecule has 5 heteroatoms. The molecule has 0 radical (unpaired) electrons. The van der Waals surface area contributed by atoms with Crippen molar-refractivity contribution in [3.8, 4) is 0 Å². The first-order valence-corrected chi connectivity index (χ1v) is 3.22. The number of hydrogen-bond acceptors (Lipinski definition) is 2. The summed E-state index contributed by atoms with van der Waals surface area (Å²) < 4.78 is 23.6. The Bertz CT molecular complexity index is 141. The maximum atomic E-state index is 11.8. The van der Waals surface area contributed by atoms with Gasteiger partial charge in [0, 0.05) is 0 Å². The number of nitrogens with one attached hydrogen (secondary N) is 1. The van der Waals surface area contributed by atoms with Crippen molar-refractivity contribution in [2.24, 2.45) is 0 Å².